The van der Waals surface area contributed by atoms with Crippen molar-refractivity contribution in [3.8, 4) is 0 Å². The number of likely N-dealkylation sites (tertiary alicyclic amines) is 1. The molecule has 1 aliphatic rings. The number of nitrogens with zero attached hydrogens (tertiary/aromatic N) is 1. The zero-order chi connectivity index (χ0) is 18.1. The summed E-state index contributed by atoms with van der Waals surface area (Å²) < 4.78 is 38.7. The van der Waals surface area contributed by atoms with Crippen LogP contribution < -0.4 is 5.32 Å². The van der Waals surface area contributed by atoms with Crippen molar-refractivity contribution in [1.82, 2.24) is 4.90 Å². The minimum absolute atomic E-state index is 0.321. The van der Waals surface area contributed by atoms with Gasteiger partial charge < -0.3 is 10.4 Å². The van der Waals surface area contributed by atoms with Crippen LogP contribution >= 0.6 is 11.6 Å². The number of hydrogen-bond acceptors (Lipinski definition) is 3. The molecule has 132 valence electrons. The molecular weight excluding hydrogens is 349 g/mol. The Balaban J connectivity index is 2.00. The van der Waals surface area contributed by atoms with Crippen LogP contribution in [0, 0.1) is 18.8 Å². The summed E-state index contributed by atoms with van der Waals surface area (Å²) in [4.78, 5) is 24.2. The predicted molar refractivity (Wildman–Crippen MR) is 81.9 cm³/mol. The van der Waals surface area contributed by atoms with Gasteiger partial charge in [-0.1, -0.05) is 17.7 Å². The number of nitrogens with one attached hydrogen (secondary N) is 1. The second-order valence-corrected chi connectivity index (χ2v) is 6.23. The van der Waals surface area contributed by atoms with Gasteiger partial charge in [0.25, 0.3) is 0 Å². The van der Waals surface area contributed by atoms with E-state index < -0.39 is 36.4 Å². The average Bonchev–Trinajstić information content (AvgIpc) is 2.86. The van der Waals surface area contributed by atoms with Crippen molar-refractivity contribution in [3.05, 3.63) is 28.8 Å². The van der Waals surface area contributed by atoms with E-state index in [-0.39, 0.29) is 13.1 Å². The van der Waals surface area contributed by atoms with Crippen LogP contribution in [0.25, 0.3) is 0 Å². The van der Waals surface area contributed by atoms with Crippen molar-refractivity contribution in [2.24, 2.45) is 11.8 Å². The highest BCUT2D eigenvalue weighted by atomic mass is 35.5. The quantitative estimate of drug-likeness (QED) is 0.862. The number of aryl methyl sites for hydroxylation is 1. The topological polar surface area (TPSA) is 69.6 Å². The van der Waals surface area contributed by atoms with Gasteiger partial charge in [-0.2, -0.15) is 13.2 Å². The first-order valence-electron chi connectivity index (χ1n) is 7.16. The molecule has 1 aromatic rings. The Labute approximate surface area is 141 Å². The maximum Gasteiger partial charge on any atom is 0.393 e. The minimum Gasteiger partial charge on any atom is -0.481 e. The molecule has 1 heterocycles. The number of carboxylic acid groups (broad SMARTS) is 1. The lowest BCUT2D eigenvalue weighted by Crippen LogP contribution is -2.34. The van der Waals surface area contributed by atoms with Crippen LogP contribution in [0.5, 0.6) is 0 Å². The highest BCUT2D eigenvalue weighted by Gasteiger charge is 2.52. The SMILES string of the molecule is Cc1ccc(NC(=O)CN2C[C@@H](C(F)(F)F)[C@H](C(=O)O)C2)c(Cl)c1. The monoisotopic (exact) mass is 364 g/mol. The summed E-state index contributed by atoms with van der Waals surface area (Å²) in [6.45, 7) is 0.648. The molecule has 1 aliphatic heterocycles. The lowest BCUT2D eigenvalue weighted by Gasteiger charge is -2.18. The van der Waals surface area contributed by atoms with E-state index >= 15 is 0 Å². The van der Waals surface area contributed by atoms with Gasteiger partial charge in [0.2, 0.25) is 5.91 Å². The molecule has 5 nitrogen and oxygen atoms in total. The summed E-state index contributed by atoms with van der Waals surface area (Å²) in [5.41, 5.74) is 1.25. The molecule has 0 spiro atoms. The Kier molecular flexibility index (Phi) is 5.39. The van der Waals surface area contributed by atoms with Gasteiger partial charge in [0.05, 0.1) is 29.1 Å². The summed E-state index contributed by atoms with van der Waals surface area (Å²) in [5, 5.41) is 11.8. The van der Waals surface area contributed by atoms with Crippen LogP contribution in [0.15, 0.2) is 18.2 Å². The molecule has 0 aliphatic carbocycles. The van der Waals surface area contributed by atoms with Gasteiger partial charge in [-0.05, 0) is 24.6 Å². The number of anilines is 1. The third kappa shape index (κ3) is 4.39. The zero-order valence-corrected chi connectivity index (χ0v) is 13.5. The first-order valence-corrected chi connectivity index (χ1v) is 7.53. The number of amides is 1. The zero-order valence-electron chi connectivity index (χ0n) is 12.7. The van der Waals surface area contributed by atoms with Gasteiger partial charge in [0.15, 0.2) is 0 Å². The number of carbonyl (C=O) groups excluding carboxylic acids is 1. The van der Waals surface area contributed by atoms with E-state index in [0.29, 0.717) is 10.7 Å². The molecule has 2 N–H and O–H groups in total. The van der Waals surface area contributed by atoms with Crippen LogP contribution in [0.1, 0.15) is 5.56 Å². The maximum absolute atomic E-state index is 12.9. The van der Waals surface area contributed by atoms with Gasteiger partial charge in [0, 0.05) is 13.1 Å². The van der Waals surface area contributed by atoms with Crippen molar-refractivity contribution >= 4 is 29.2 Å². The van der Waals surface area contributed by atoms with E-state index in [0.717, 1.165) is 5.56 Å². The lowest BCUT2D eigenvalue weighted by molar-refractivity contribution is -0.188. The van der Waals surface area contributed by atoms with E-state index in [1.54, 1.807) is 18.2 Å². The first kappa shape index (κ1) is 18.5. The molecule has 0 unspecified atom stereocenters. The highest BCUT2D eigenvalue weighted by Crippen LogP contribution is 2.37. The molecule has 1 fully saturated rings. The van der Waals surface area contributed by atoms with Crippen molar-refractivity contribution in [2.75, 3.05) is 25.0 Å². The summed E-state index contributed by atoms with van der Waals surface area (Å²) >= 11 is 5.98. The number of alkyl halides is 3. The van der Waals surface area contributed by atoms with Crippen LogP contribution in [-0.4, -0.2) is 47.7 Å². The molecule has 24 heavy (non-hydrogen) atoms. The Morgan fingerprint density at radius 3 is 2.54 bits per heavy atom. The predicted octanol–water partition coefficient (Wildman–Crippen LogP) is 2.78. The van der Waals surface area contributed by atoms with E-state index in [2.05, 4.69) is 5.32 Å². The number of aliphatic carboxylic acids is 1. The molecule has 2 atom stereocenters. The fourth-order valence-corrected chi connectivity index (χ4v) is 2.99. The number of carbonyl (C=O) groups is 2. The molecule has 1 aromatic carbocycles. The van der Waals surface area contributed by atoms with Crippen LogP contribution in [0.3, 0.4) is 0 Å². The van der Waals surface area contributed by atoms with Crippen molar-refractivity contribution in [1.29, 1.82) is 0 Å². The number of benzene rings is 1. The molecule has 1 saturated heterocycles. The van der Waals surface area contributed by atoms with Crippen molar-refractivity contribution in [2.45, 2.75) is 13.1 Å². The summed E-state index contributed by atoms with van der Waals surface area (Å²) in [6, 6.07) is 4.97. The highest BCUT2D eigenvalue weighted by molar-refractivity contribution is 6.33. The van der Waals surface area contributed by atoms with Gasteiger partial charge >= 0.3 is 12.1 Å². The van der Waals surface area contributed by atoms with Crippen molar-refractivity contribution < 1.29 is 27.9 Å². The Morgan fingerprint density at radius 1 is 1.38 bits per heavy atom. The molecule has 9 heteroatoms. The van der Waals surface area contributed by atoms with E-state index in [4.69, 9.17) is 16.7 Å². The van der Waals surface area contributed by atoms with Gasteiger partial charge in [0.1, 0.15) is 0 Å². The first-order chi connectivity index (χ1) is 11.1. The molecule has 0 aromatic heterocycles. The van der Waals surface area contributed by atoms with E-state index in [9.17, 15) is 22.8 Å². The number of rotatable bonds is 4. The summed E-state index contributed by atoms with van der Waals surface area (Å²) in [7, 11) is 0. The average molecular weight is 365 g/mol. The standard InChI is InChI=1S/C15H16ClF3N2O3/c1-8-2-3-12(11(16)4-8)20-13(22)7-21-5-9(14(23)24)10(6-21)15(17,18)19/h2-4,9-10H,5-7H2,1H3,(H,20,22)(H,23,24)/t9-,10-/m1/s1. The normalized spacial score (nSPS) is 21.7. The van der Waals surface area contributed by atoms with E-state index in [1.165, 1.54) is 4.90 Å². The fourth-order valence-electron chi connectivity index (χ4n) is 2.71. The second-order valence-electron chi connectivity index (χ2n) is 5.82. The Hall–Kier alpha value is -1.80. The van der Waals surface area contributed by atoms with Gasteiger partial charge in [-0.25, -0.2) is 0 Å². The number of halogens is 4. The fraction of sp³-hybridized carbons (Fsp3) is 0.467. The van der Waals surface area contributed by atoms with Crippen LogP contribution in [0.4, 0.5) is 18.9 Å². The summed E-state index contributed by atoms with van der Waals surface area (Å²) in [5.74, 6) is -5.61. The molecule has 0 bridgehead atoms. The second kappa shape index (κ2) is 6.98. The largest absolute Gasteiger partial charge is 0.481 e. The van der Waals surface area contributed by atoms with Gasteiger partial charge in [-0.3, -0.25) is 14.5 Å². The third-order valence-electron chi connectivity index (χ3n) is 3.90. The summed E-state index contributed by atoms with van der Waals surface area (Å²) in [6.07, 6.45) is -4.62. The van der Waals surface area contributed by atoms with Gasteiger partial charge in [-0.15, -0.1) is 0 Å². The molecular formula is C15H16ClF3N2O3. The van der Waals surface area contributed by atoms with Crippen molar-refractivity contribution in [3.63, 3.8) is 0 Å². The molecule has 0 saturated carbocycles. The molecule has 2 rings (SSSR count). The maximum atomic E-state index is 12.9. The molecule has 0 radical (unpaired) electrons. The number of hydrogen-bond donors (Lipinski definition) is 2. The van der Waals surface area contributed by atoms with Crippen LogP contribution in [-0.2, 0) is 9.59 Å². The Bertz CT molecular complexity index is 651. The minimum atomic E-state index is -4.62. The third-order valence-corrected chi connectivity index (χ3v) is 4.21. The number of carboxylic acids is 1. The Morgan fingerprint density at radius 2 is 2.04 bits per heavy atom. The lowest BCUT2D eigenvalue weighted by atomic mass is 9.96. The van der Waals surface area contributed by atoms with E-state index in [1.807, 2.05) is 6.92 Å². The molecule has 1 amide bonds. The smallest absolute Gasteiger partial charge is 0.393 e. The van der Waals surface area contributed by atoms with Crippen LogP contribution in [0.2, 0.25) is 5.02 Å².